The second-order valence-corrected chi connectivity index (χ2v) is 9.06. The number of hydrogen-bond acceptors (Lipinski definition) is 6. The molecule has 3 N–H and O–H groups in total. The van der Waals surface area contributed by atoms with Gasteiger partial charge in [-0.25, -0.2) is 0 Å². The monoisotopic (exact) mass is 369 g/mol. The number of likely N-dealkylation sites (N-methyl/N-ethyl adjacent to an activating group) is 1. The molecular formula is C16H23N3O5S. The first-order valence-electron chi connectivity index (χ1n) is 8.29. The van der Waals surface area contributed by atoms with E-state index in [4.69, 9.17) is 5.73 Å². The summed E-state index contributed by atoms with van der Waals surface area (Å²) in [6.07, 6.45) is 0.151. The third-order valence-corrected chi connectivity index (χ3v) is 6.84. The van der Waals surface area contributed by atoms with Gasteiger partial charge in [0.2, 0.25) is 5.91 Å². The van der Waals surface area contributed by atoms with Crippen molar-refractivity contribution in [3.05, 3.63) is 10.6 Å². The molecule has 0 bridgehead atoms. The maximum absolute atomic E-state index is 12.2. The number of carbonyl (C=O) groups excluding carboxylic acids is 3. The highest BCUT2D eigenvalue weighted by molar-refractivity contribution is 8.03. The summed E-state index contributed by atoms with van der Waals surface area (Å²) in [5, 5.41) is 21.4. The van der Waals surface area contributed by atoms with E-state index in [1.807, 2.05) is 14.1 Å². The number of carboxylic acid groups (broad SMARTS) is 1. The van der Waals surface area contributed by atoms with Crippen LogP contribution in [0.15, 0.2) is 10.6 Å². The van der Waals surface area contributed by atoms with E-state index in [-0.39, 0.29) is 34.8 Å². The molecule has 3 rings (SSSR count). The third kappa shape index (κ3) is 2.84. The standard InChI is InChI=1S/C16H23N3O5S/c1-7(20)12-9-5-11(13(16(23)24)18(9)15(12)22)25-8-4-10(14(17)21)19(2,3)6-8/h7-10,12,20H,4-6H2,1-3H3,(H2-,17,21,23,24)/t7?,8?,9-,10?,12?/m1/s1. The molecule has 2 saturated heterocycles. The number of thioether (sulfide) groups is 1. The topological polar surface area (TPSA) is 124 Å². The Morgan fingerprint density at radius 1 is 1.44 bits per heavy atom. The van der Waals surface area contributed by atoms with Gasteiger partial charge in [-0.2, -0.15) is 0 Å². The number of primary amides is 1. The summed E-state index contributed by atoms with van der Waals surface area (Å²) in [5.74, 6) is -2.67. The van der Waals surface area contributed by atoms with Gasteiger partial charge in [0.25, 0.3) is 5.91 Å². The highest BCUT2D eigenvalue weighted by Gasteiger charge is 2.56. The molecule has 0 aromatic heterocycles. The predicted molar refractivity (Wildman–Crippen MR) is 88.4 cm³/mol. The Hall–Kier alpha value is -1.58. The zero-order chi connectivity index (χ0) is 18.7. The van der Waals surface area contributed by atoms with Crippen LogP contribution in [0.3, 0.4) is 0 Å². The van der Waals surface area contributed by atoms with Gasteiger partial charge in [-0.15, -0.1) is 11.8 Å². The number of aliphatic carboxylic acids is 1. The molecule has 5 atom stereocenters. The van der Waals surface area contributed by atoms with Gasteiger partial charge in [0.15, 0.2) is 6.04 Å². The van der Waals surface area contributed by atoms with E-state index in [0.717, 1.165) is 0 Å². The van der Waals surface area contributed by atoms with Crippen molar-refractivity contribution >= 4 is 29.5 Å². The second kappa shape index (κ2) is 6.00. The van der Waals surface area contributed by atoms with Crippen molar-refractivity contribution in [2.45, 2.75) is 43.2 Å². The van der Waals surface area contributed by atoms with Gasteiger partial charge in [-0.1, -0.05) is 0 Å². The number of hydrogen-bond donors (Lipinski definition) is 2. The number of carbonyl (C=O) groups is 3. The minimum Gasteiger partial charge on any atom is -0.543 e. The normalized spacial score (nSPS) is 34.7. The van der Waals surface area contributed by atoms with Crippen LogP contribution in [0.2, 0.25) is 0 Å². The first kappa shape index (κ1) is 18.2. The number of fused-ring (bicyclic) bond motifs is 1. The number of aliphatic hydroxyl groups excluding tert-OH is 1. The van der Waals surface area contributed by atoms with Crippen molar-refractivity contribution in [2.24, 2.45) is 11.7 Å². The molecule has 3 aliphatic heterocycles. The van der Waals surface area contributed by atoms with Crippen molar-refractivity contribution in [1.29, 1.82) is 0 Å². The first-order valence-corrected chi connectivity index (χ1v) is 9.17. The number of likely N-dealkylation sites (tertiary alicyclic amines) is 1. The third-order valence-electron chi connectivity index (χ3n) is 5.52. The summed E-state index contributed by atoms with van der Waals surface area (Å²) in [6, 6.07) is -0.631. The minimum absolute atomic E-state index is 0.0376. The van der Waals surface area contributed by atoms with E-state index in [1.54, 1.807) is 0 Å². The average molecular weight is 369 g/mol. The van der Waals surface area contributed by atoms with E-state index < -0.39 is 18.0 Å². The highest BCUT2D eigenvalue weighted by Crippen LogP contribution is 2.49. The van der Waals surface area contributed by atoms with Crippen LogP contribution in [0.5, 0.6) is 0 Å². The molecule has 8 nitrogen and oxygen atoms in total. The molecule has 2 amide bonds. The lowest BCUT2D eigenvalue weighted by atomic mass is 9.83. The van der Waals surface area contributed by atoms with Gasteiger partial charge in [0.1, 0.15) is 0 Å². The van der Waals surface area contributed by atoms with Gasteiger partial charge in [0.05, 0.1) is 55.6 Å². The Bertz CT molecular complexity index is 675. The molecular weight excluding hydrogens is 346 g/mol. The van der Waals surface area contributed by atoms with Crippen LogP contribution in [-0.4, -0.2) is 76.4 Å². The zero-order valence-corrected chi connectivity index (χ0v) is 15.3. The largest absolute Gasteiger partial charge is 0.543 e. The summed E-state index contributed by atoms with van der Waals surface area (Å²) in [6.45, 7) is 2.22. The molecule has 0 spiro atoms. The summed E-state index contributed by atoms with van der Waals surface area (Å²) in [4.78, 5) is 37.3. The van der Waals surface area contributed by atoms with Crippen LogP contribution in [0.4, 0.5) is 0 Å². The summed E-state index contributed by atoms with van der Waals surface area (Å²) in [5.41, 5.74) is 5.40. The second-order valence-electron chi connectivity index (χ2n) is 7.66. The zero-order valence-electron chi connectivity index (χ0n) is 14.5. The fourth-order valence-electron chi connectivity index (χ4n) is 4.33. The lowest BCUT2D eigenvalue weighted by Gasteiger charge is -2.45. The van der Waals surface area contributed by atoms with Crippen LogP contribution in [-0.2, 0) is 14.4 Å². The Kier molecular flexibility index (Phi) is 4.37. The van der Waals surface area contributed by atoms with E-state index in [0.29, 0.717) is 28.8 Å². The molecule has 25 heavy (non-hydrogen) atoms. The molecule has 3 heterocycles. The predicted octanol–water partition coefficient (Wildman–Crippen LogP) is -2.00. The highest BCUT2D eigenvalue weighted by atomic mass is 32.2. The van der Waals surface area contributed by atoms with Crippen LogP contribution < -0.4 is 10.8 Å². The van der Waals surface area contributed by atoms with Gasteiger partial charge >= 0.3 is 0 Å². The van der Waals surface area contributed by atoms with E-state index in [2.05, 4.69) is 0 Å². The molecule has 0 aromatic rings. The number of nitrogens with zero attached hydrogens (tertiary/aromatic N) is 2. The van der Waals surface area contributed by atoms with Gasteiger partial charge in [-0.05, 0) is 6.92 Å². The number of amides is 2. The SMILES string of the molecule is CC(O)C1C(=O)N2C(C(=O)[O-])=C(SC3CC(C(N)=O)[N+](C)(C)C3)C[C@H]12. The van der Waals surface area contributed by atoms with Crippen molar-refractivity contribution < 1.29 is 29.1 Å². The molecule has 3 aliphatic rings. The summed E-state index contributed by atoms with van der Waals surface area (Å²) in [7, 11) is 3.86. The average Bonchev–Trinajstić information content (AvgIpc) is 2.93. The smallest absolute Gasteiger partial charge is 0.275 e. The minimum atomic E-state index is -1.37. The molecule has 2 fully saturated rings. The quantitative estimate of drug-likeness (QED) is 0.426. The molecule has 138 valence electrons. The van der Waals surface area contributed by atoms with Gasteiger partial charge < -0.3 is 30.1 Å². The Labute approximate surface area is 150 Å². The number of carboxylic acids is 1. The fraction of sp³-hybridized carbons (Fsp3) is 0.688. The molecule has 0 saturated carbocycles. The number of nitrogens with two attached hydrogens (primary N) is 1. The lowest BCUT2D eigenvalue weighted by Crippen LogP contribution is -2.62. The van der Waals surface area contributed by atoms with E-state index >= 15 is 0 Å². The van der Waals surface area contributed by atoms with Crippen molar-refractivity contribution in [2.75, 3.05) is 20.6 Å². The summed E-state index contributed by atoms with van der Waals surface area (Å²) < 4.78 is 0.462. The van der Waals surface area contributed by atoms with Crippen molar-refractivity contribution in [3.8, 4) is 0 Å². The molecule has 0 radical (unpaired) electrons. The Morgan fingerprint density at radius 3 is 2.56 bits per heavy atom. The number of quaternary nitrogens is 1. The maximum atomic E-state index is 12.2. The van der Waals surface area contributed by atoms with Crippen LogP contribution >= 0.6 is 11.8 Å². The van der Waals surface area contributed by atoms with Crippen molar-refractivity contribution in [1.82, 2.24) is 4.90 Å². The van der Waals surface area contributed by atoms with Crippen LogP contribution in [0.25, 0.3) is 0 Å². The first-order chi connectivity index (χ1) is 11.5. The maximum Gasteiger partial charge on any atom is 0.275 e. The number of aliphatic hydroxyl groups is 1. The van der Waals surface area contributed by atoms with Crippen LogP contribution in [0.1, 0.15) is 19.8 Å². The molecule has 0 aromatic carbocycles. The molecule has 0 aliphatic carbocycles. The molecule has 4 unspecified atom stereocenters. The van der Waals surface area contributed by atoms with Crippen LogP contribution in [0, 0.1) is 5.92 Å². The van der Waals surface area contributed by atoms with E-state index in [9.17, 15) is 24.6 Å². The Morgan fingerprint density at radius 2 is 2.08 bits per heavy atom. The Balaban J connectivity index is 1.80. The van der Waals surface area contributed by atoms with Gasteiger partial charge in [0, 0.05) is 17.7 Å². The molecule has 9 heteroatoms. The number of rotatable bonds is 5. The number of β-lactam (4-membered cyclic amide) rings is 1. The van der Waals surface area contributed by atoms with Crippen molar-refractivity contribution in [3.63, 3.8) is 0 Å². The lowest BCUT2D eigenvalue weighted by molar-refractivity contribution is -0.892. The fourth-order valence-corrected chi connectivity index (χ4v) is 6.03. The van der Waals surface area contributed by atoms with Gasteiger partial charge in [-0.3, -0.25) is 9.59 Å². The van der Waals surface area contributed by atoms with E-state index in [1.165, 1.54) is 23.6 Å². The summed E-state index contributed by atoms with van der Waals surface area (Å²) >= 11 is 1.40.